The van der Waals surface area contributed by atoms with Crippen LogP contribution in [-0.2, 0) is 20.0 Å². The van der Waals surface area contributed by atoms with Crippen molar-refractivity contribution in [1.82, 2.24) is 14.7 Å². The molecule has 1 rings (SSSR count). The number of aromatic nitrogens is 2. The summed E-state index contributed by atoms with van der Waals surface area (Å²) in [5.74, 6) is 0.0302. The van der Waals surface area contributed by atoms with Crippen LogP contribution in [0.2, 0.25) is 5.02 Å². The standard InChI is InChI=1S/C13H21ClN4/c1-5-11-13(14)12(17(4)16-11)9-18(6-2)8-10(3)7-15/h10H,5-6,8-9H2,1-4H3. The highest BCUT2D eigenvalue weighted by Gasteiger charge is 2.16. The lowest BCUT2D eigenvalue weighted by atomic mass is 10.2. The Kier molecular flexibility index (Phi) is 5.64. The topological polar surface area (TPSA) is 44.9 Å². The van der Waals surface area contributed by atoms with Gasteiger partial charge in [-0.1, -0.05) is 25.4 Å². The zero-order chi connectivity index (χ0) is 13.7. The molecule has 0 bridgehead atoms. The lowest BCUT2D eigenvalue weighted by Gasteiger charge is -2.21. The molecule has 100 valence electrons. The number of nitriles is 1. The van der Waals surface area contributed by atoms with Crippen LogP contribution in [0.25, 0.3) is 0 Å². The molecule has 4 nitrogen and oxygen atoms in total. The van der Waals surface area contributed by atoms with Crippen LogP contribution in [-0.4, -0.2) is 27.8 Å². The molecule has 0 amide bonds. The van der Waals surface area contributed by atoms with Gasteiger partial charge in [0.25, 0.3) is 0 Å². The van der Waals surface area contributed by atoms with Gasteiger partial charge in [-0.05, 0) is 19.9 Å². The van der Waals surface area contributed by atoms with Crippen LogP contribution in [0.3, 0.4) is 0 Å². The Morgan fingerprint density at radius 2 is 2.17 bits per heavy atom. The molecule has 1 aromatic heterocycles. The monoisotopic (exact) mass is 268 g/mol. The molecule has 0 N–H and O–H groups in total. The average molecular weight is 269 g/mol. The van der Waals surface area contributed by atoms with Crippen molar-refractivity contribution in [2.24, 2.45) is 13.0 Å². The maximum absolute atomic E-state index is 8.88. The van der Waals surface area contributed by atoms with Gasteiger partial charge < -0.3 is 0 Å². The predicted octanol–water partition coefficient (Wildman–Crippen LogP) is 2.62. The molecule has 5 heteroatoms. The Morgan fingerprint density at radius 1 is 1.50 bits per heavy atom. The second-order valence-corrected chi connectivity index (χ2v) is 4.92. The van der Waals surface area contributed by atoms with E-state index in [2.05, 4.69) is 23.0 Å². The Morgan fingerprint density at radius 3 is 2.61 bits per heavy atom. The van der Waals surface area contributed by atoms with E-state index in [0.717, 1.165) is 42.5 Å². The van der Waals surface area contributed by atoms with Gasteiger partial charge in [0.2, 0.25) is 0 Å². The minimum atomic E-state index is 0.0302. The second kappa shape index (κ2) is 6.77. The lowest BCUT2D eigenvalue weighted by Crippen LogP contribution is -2.28. The van der Waals surface area contributed by atoms with Gasteiger partial charge in [-0.15, -0.1) is 0 Å². The largest absolute Gasteiger partial charge is 0.296 e. The van der Waals surface area contributed by atoms with Gasteiger partial charge >= 0.3 is 0 Å². The van der Waals surface area contributed by atoms with Crippen LogP contribution >= 0.6 is 11.6 Å². The SMILES string of the molecule is CCc1nn(C)c(CN(CC)CC(C)C#N)c1Cl. The highest BCUT2D eigenvalue weighted by Crippen LogP contribution is 2.22. The summed E-state index contributed by atoms with van der Waals surface area (Å²) in [4.78, 5) is 2.22. The van der Waals surface area contributed by atoms with E-state index in [0.29, 0.717) is 0 Å². The molecule has 0 saturated heterocycles. The number of aryl methyl sites for hydroxylation is 2. The summed E-state index contributed by atoms with van der Waals surface area (Å²) in [6, 6.07) is 2.26. The minimum Gasteiger partial charge on any atom is -0.296 e. The second-order valence-electron chi connectivity index (χ2n) is 4.54. The van der Waals surface area contributed by atoms with Crippen LogP contribution in [0.4, 0.5) is 0 Å². The van der Waals surface area contributed by atoms with E-state index < -0.39 is 0 Å². The normalized spacial score (nSPS) is 12.7. The van der Waals surface area contributed by atoms with Gasteiger partial charge in [-0.3, -0.25) is 9.58 Å². The summed E-state index contributed by atoms with van der Waals surface area (Å²) >= 11 is 6.33. The maximum Gasteiger partial charge on any atom is 0.0863 e. The summed E-state index contributed by atoms with van der Waals surface area (Å²) in [5.41, 5.74) is 1.97. The van der Waals surface area contributed by atoms with E-state index in [-0.39, 0.29) is 5.92 Å². The maximum atomic E-state index is 8.88. The van der Waals surface area contributed by atoms with Crippen LogP contribution < -0.4 is 0 Å². The van der Waals surface area contributed by atoms with Crippen LogP contribution in [0.5, 0.6) is 0 Å². The summed E-state index contributed by atoms with van der Waals surface area (Å²) in [7, 11) is 1.92. The molecular formula is C13H21ClN4. The van der Waals surface area contributed by atoms with Gasteiger partial charge in [-0.25, -0.2) is 0 Å². The molecule has 0 aliphatic rings. The predicted molar refractivity (Wildman–Crippen MR) is 73.3 cm³/mol. The van der Waals surface area contributed by atoms with E-state index >= 15 is 0 Å². The summed E-state index contributed by atoms with van der Waals surface area (Å²) in [6.07, 6.45) is 0.841. The van der Waals surface area contributed by atoms with E-state index in [1.807, 2.05) is 25.6 Å². The number of nitrogens with zero attached hydrogens (tertiary/aromatic N) is 4. The number of hydrogen-bond acceptors (Lipinski definition) is 3. The lowest BCUT2D eigenvalue weighted by molar-refractivity contribution is 0.254. The number of halogens is 1. The van der Waals surface area contributed by atoms with Crippen molar-refractivity contribution in [3.05, 3.63) is 16.4 Å². The van der Waals surface area contributed by atoms with Crippen LogP contribution in [0, 0.1) is 17.2 Å². The summed E-state index contributed by atoms with van der Waals surface area (Å²) in [6.45, 7) is 8.48. The highest BCUT2D eigenvalue weighted by molar-refractivity contribution is 6.31. The Labute approximate surface area is 114 Å². The molecule has 0 spiro atoms. The summed E-state index contributed by atoms with van der Waals surface area (Å²) in [5, 5.41) is 14.1. The smallest absolute Gasteiger partial charge is 0.0863 e. The molecule has 0 fully saturated rings. The first-order chi connectivity index (χ1) is 8.53. The Bertz CT molecular complexity index is 433. The third-order valence-corrected chi connectivity index (χ3v) is 3.51. The molecule has 1 heterocycles. The van der Waals surface area contributed by atoms with E-state index in [1.165, 1.54) is 0 Å². The highest BCUT2D eigenvalue weighted by atomic mass is 35.5. The molecule has 0 radical (unpaired) electrons. The van der Waals surface area contributed by atoms with Gasteiger partial charge in [0.15, 0.2) is 0 Å². The summed E-state index contributed by atoms with van der Waals surface area (Å²) < 4.78 is 1.85. The number of rotatable bonds is 6. The molecule has 1 aromatic rings. The third kappa shape index (κ3) is 3.47. The molecule has 0 saturated carbocycles. The molecule has 0 aliphatic heterocycles. The molecule has 0 aromatic carbocycles. The minimum absolute atomic E-state index is 0.0302. The van der Waals surface area contributed by atoms with E-state index in [1.54, 1.807) is 0 Å². The van der Waals surface area contributed by atoms with E-state index in [4.69, 9.17) is 16.9 Å². The van der Waals surface area contributed by atoms with Crippen molar-refractivity contribution in [2.75, 3.05) is 13.1 Å². The first-order valence-corrected chi connectivity index (χ1v) is 6.73. The number of hydrogen-bond donors (Lipinski definition) is 0. The zero-order valence-corrected chi connectivity index (χ0v) is 12.3. The molecule has 1 unspecified atom stereocenters. The van der Waals surface area contributed by atoms with Crippen LogP contribution in [0.1, 0.15) is 32.2 Å². The van der Waals surface area contributed by atoms with Crippen molar-refractivity contribution in [3.8, 4) is 6.07 Å². The fourth-order valence-electron chi connectivity index (χ4n) is 1.94. The van der Waals surface area contributed by atoms with Crippen molar-refractivity contribution < 1.29 is 0 Å². The van der Waals surface area contributed by atoms with Crippen molar-refractivity contribution in [1.29, 1.82) is 5.26 Å². The third-order valence-electron chi connectivity index (χ3n) is 3.08. The molecule has 0 aliphatic carbocycles. The zero-order valence-electron chi connectivity index (χ0n) is 11.6. The van der Waals surface area contributed by atoms with Crippen molar-refractivity contribution in [3.63, 3.8) is 0 Å². The Hall–Kier alpha value is -1.05. The van der Waals surface area contributed by atoms with Crippen LogP contribution in [0.15, 0.2) is 0 Å². The Balaban J connectivity index is 2.82. The molecule has 18 heavy (non-hydrogen) atoms. The van der Waals surface area contributed by atoms with Gasteiger partial charge in [-0.2, -0.15) is 10.4 Å². The van der Waals surface area contributed by atoms with Crippen molar-refractivity contribution in [2.45, 2.75) is 33.7 Å². The van der Waals surface area contributed by atoms with Crippen molar-refractivity contribution >= 4 is 11.6 Å². The van der Waals surface area contributed by atoms with Gasteiger partial charge in [0.1, 0.15) is 0 Å². The quantitative estimate of drug-likeness (QED) is 0.797. The molecule has 1 atom stereocenters. The first kappa shape index (κ1) is 15.0. The van der Waals surface area contributed by atoms with E-state index in [9.17, 15) is 0 Å². The van der Waals surface area contributed by atoms with Gasteiger partial charge in [0, 0.05) is 20.1 Å². The van der Waals surface area contributed by atoms with Gasteiger partial charge in [0.05, 0.1) is 28.4 Å². The fourth-order valence-corrected chi connectivity index (χ4v) is 2.29. The average Bonchev–Trinajstić information content (AvgIpc) is 2.64. The first-order valence-electron chi connectivity index (χ1n) is 6.35. The fraction of sp³-hybridized carbons (Fsp3) is 0.692. The molecular weight excluding hydrogens is 248 g/mol.